The van der Waals surface area contributed by atoms with Crippen molar-refractivity contribution in [3.63, 3.8) is 0 Å². The number of hydrogen-bond donors (Lipinski definition) is 0. The van der Waals surface area contributed by atoms with Gasteiger partial charge in [-0.15, -0.1) is 0 Å². The van der Waals surface area contributed by atoms with Gasteiger partial charge in [0.25, 0.3) is 11.8 Å². The molecule has 3 aromatic carbocycles. The average Bonchev–Trinajstić information content (AvgIpc) is 3.04. The first-order valence-electron chi connectivity index (χ1n) is 9.48. The first-order valence-corrected chi connectivity index (χ1v) is 10.3. The fourth-order valence-corrected chi connectivity index (χ4v) is 4.35. The minimum atomic E-state index is -0.884. The maximum absolute atomic E-state index is 14.5. The number of ether oxygens (including phenoxy) is 2. The molecular formula is C24H17F2NO4S. The molecule has 0 radical (unpaired) electrons. The van der Waals surface area contributed by atoms with E-state index < -0.39 is 29.1 Å². The van der Waals surface area contributed by atoms with Gasteiger partial charge in [-0.05, 0) is 42.0 Å². The number of halogens is 2. The molecule has 2 amide bonds. The van der Waals surface area contributed by atoms with E-state index in [-0.39, 0.29) is 10.5 Å². The smallest absolute Gasteiger partial charge is 0.273 e. The maximum Gasteiger partial charge on any atom is 0.273 e. The van der Waals surface area contributed by atoms with Gasteiger partial charge in [0.15, 0.2) is 11.5 Å². The number of anilines is 1. The van der Waals surface area contributed by atoms with Crippen LogP contribution in [0, 0.1) is 11.6 Å². The van der Waals surface area contributed by atoms with Crippen LogP contribution in [0.25, 0.3) is 5.57 Å². The van der Waals surface area contributed by atoms with Crippen LogP contribution in [0.1, 0.15) is 5.56 Å². The van der Waals surface area contributed by atoms with Crippen molar-refractivity contribution in [2.24, 2.45) is 0 Å². The Bertz CT molecular complexity index is 1240. The molecule has 0 aliphatic carbocycles. The van der Waals surface area contributed by atoms with Crippen LogP contribution >= 0.6 is 11.8 Å². The van der Waals surface area contributed by atoms with E-state index in [9.17, 15) is 18.4 Å². The van der Waals surface area contributed by atoms with Gasteiger partial charge >= 0.3 is 0 Å². The highest BCUT2D eigenvalue weighted by atomic mass is 32.2. The third kappa shape index (κ3) is 3.85. The molecule has 8 heteroatoms. The van der Waals surface area contributed by atoms with Crippen LogP contribution in [0.3, 0.4) is 0 Å². The molecule has 0 unspecified atom stereocenters. The summed E-state index contributed by atoms with van der Waals surface area (Å²) in [5, 5.41) is 0. The minimum absolute atomic E-state index is 0.0634. The van der Waals surface area contributed by atoms with Gasteiger partial charge in [0, 0.05) is 11.0 Å². The van der Waals surface area contributed by atoms with Crippen molar-refractivity contribution in [3.8, 4) is 11.5 Å². The van der Waals surface area contributed by atoms with Gasteiger partial charge in [0.2, 0.25) is 0 Å². The van der Waals surface area contributed by atoms with E-state index in [1.807, 2.05) is 6.07 Å². The predicted octanol–water partition coefficient (Wildman–Crippen LogP) is 5.06. The maximum atomic E-state index is 14.5. The second kappa shape index (κ2) is 8.84. The van der Waals surface area contributed by atoms with Gasteiger partial charge in [-0.2, -0.15) is 0 Å². The van der Waals surface area contributed by atoms with Gasteiger partial charge in [0.1, 0.15) is 11.6 Å². The number of thioether (sulfide) groups is 1. The van der Waals surface area contributed by atoms with Crippen molar-refractivity contribution in [2.45, 2.75) is 4.90 Å². The summed E-state index contributed by atoms with van der Waals surface area (Å²) in [7, 11) is 2.93. The number of rotatable bonds is 6. The number of hydrogen-bond acceptors (Lipinski definition) is 5. The molecule has 0 N–H and O–H groups in total. The van der Waals surface area contributed by atoms with Gasteiger partial charge in [-0.3, -0.25) is 9.59 Å². The summed E-state index contributed by atoms with van der Waals surface area (Å²) in [4.78, 5) is 28.2. The summed E-state index contributed by atoms with van der Waals surface area (Å²) < 4.78 is 38.9. The number of imide groups is 1. The van der Waals surface area contributed by atoms with Gasteiger partial charge in [0.05, 0.1) is 30.4 Å². The monoisotopic (exact) mass is 453 g/mol. The lowest BCUT2D eigenvalue weighted by Crippen LogP contribution is -2.32. The first-order chi connectivity index (χ1) is 15.4. The normalized spacial score (nSPS) is 13.7. The van der Waals surface area contributed by atoms with Crippen LogP contribution in [-0.2, 0) is 9.59 Å². The zero-order valence-electron chi connectivity index (χ0n) is 17.1. The Labute approximate surface area is 187 Å². The van der Waals surface area contributed by atoms with E-state index in [2.05, 4.69) is 0 Å². The Morgan fingerprint density at radius 3 is 2.22 bits per heavy atom. The summed E-state index contributed by atoms with van der Waals surface area (Å²) in [5.41, 5.74) is 0.00819. The predicted molar refractivity (Wildman–Crippen MR) is 118 cm³/mol. The highest BCUT2D eigenvalue weighted by Gasteiger charge is 2.42. The number of carbonyl (C=O) groups excluding carboxylic acids is 2. The first kappa shape index (κ1) is 21.6. The summed E-state index contributed by atoms with van der Waals surface area (Å²) >= 11 is 1.08. The molecule has 0 saturated carbocycles. The van der Waals surface area contributed by atoms with E-state index in [1.54, 1.807) is 42.5 Å². The number of carbonyl (C=O) groups is 2. The molecule has 4 rings (SSSR count). The molecule has 0 bridgehead atoms. The number of benzene rings is 3. The van der Waals surface area contributed by atoms with Crippen molar-refractivity contribution in [2.75, 3.05) is 19.1 Å². The molecular weight excluding hydrogens is 436 g/mol. The number of amides is 2. The van der Waals surface area contributed by atoms with Crippen molar-refractivity contribution in [1.29, 1.82) is 0 Å². The molecule has 0 fully saturated rings. The Morgan fingerprint density at radius 2 is 1.53 bits per heavy atom. The van der Waals surface area contributed by atoms with Crippen molar-refractivity contribution in [1.82, 2.24) is 0 Å². The summed E-state index contributed by atoms with van der Waals surface area (Å²) in [6, 6.07) is 16.4. The van der Waals surface area contributed by atoms with Crippen molar-refractivity contribution in [3.05, 3.63) is 88.8 Å². The highest BCUT2D eigenvalue weighted by Crippen LogP contribution is 2.43. The number of methoxy groups -OCH3 is 2. The Hall–Kier alpha value is -3.65. The Balaban J connectivity index is 1.88. The highest BCUT2D eigenvalue weighted by molar-refractivity contribution is 8.04. The standard InChI is InChI=1S/C24H17F2NO4S/c1-30-19-11-8-14(12-20(19)31-2)21-22(32-16-6-4-3-5-7-16)24(29)27(23(21)28)18-13-15(25)9-10-17(18)26/h3-13H,1-2H3. The quantitative estimate of drug-likeness (QED) is 0.489. The van der Waals surface area contributed by atoms with E-state index in [4.69, 9.17) is 9.47 Å². The Kier molecular flexibility index (Phi) is 5.96. The molecule has 1 aliphatic heterocycles. The second-order valence-electron chi connectivity index (χ2n) is 6.73. The third-order valence-corrected chi connectivity index (χ3v) is 5.92. The van der Waals surface area contributed by atoms with Crippen LogP contribution in [0.15, 0.2) is 76.5 Å². The van der Waals surface area contributed by atoms with E-state index in [1.165, 1.54) is 14.2 Å². The summed E-state index contributed by atoms with van der Waals surface area (Å²) in [6.45, 7) is 0. The molecule has 0 atom stereocenters. The largest absolute Gasteiger partial charge is 0.493 e. The zero-order chi connectivity index (χ0) is 22.8. The van der Waals surface area contributed by atoms with E-state index in [0.717, 1.165) is 30.0 Å². The summed E-state index contributed by atoms with van der Waals surface area (Å²) in [6.07, 6.45) is 0. The van der Waals surface area contributed by atoms with Gasteiger partial charge in [-0.1, -0.05) is 36.0 Å². The molecule has 32 heavy (non-hydrogen) atoms. The zero-order valence-corrected chi connectivity index (χ0v) is 17.9. The van der Waals surface area contributed by atoms with Crippen molar-refractivity contribution >= 4 is 34.8 Å². The lowest BCUT2D eigenvalue weighted by Gasteiger charge is -2.16. The molecule has 0 spiro atoms. The molecule has 1 heterocycles. The van der Waals surface area contributed by atoms with Crippen LogP contribution in [0.2, 0.25) is 0 Å². The topological polar surface area (TPSA) is 55.8 Å². The minimum Gasteiger partial charge on any atom is -0.493 e. The molecule has 0 saturated heterocycles. The second-order valence-corrected chi connectivity index (χ2v) is 7.81. The summed E-state index contributed by atoms with van der Waals surface area (Å²) in [5.74, 6) is -2.34. The van der Waals surface area contributed by atoms with Crippen LogP contribution < -0.4 is 14.4 Å². The Morgan fingerprint density at radius 1 is 0.812 bits per heavy atom. The fraction of sp³-hybridized carbons (Fsp3) is 0.0833. The van der Waals surface area contributed by atoms with Gasteiger partial charge < -0.3 is 9.47 Å². The fourth-order valence-electron chi connectivity index (χ4n) is 3.33. The lowest BCUT2D eigenvalue weighted by molar-refractivity contribution is -0.119. The SMILES string of the molecule is COc1ccc(C2=C(Sc3ccccc3)C(=O)N(c3cc(F)ccc3F)C2=O)cc1OC. The average molecular weight is 453 g/mol. The number of nitrogens with zero attached hydrogens (tertiary/aromatic N) is 1. The lowest BCUT2D eigenvalue weighted by atomic mass is 10.1. The van der Waals surface area contributed by atoms with E-state index in [0.29, 0.717) is 26.9 Å². The molecule has 1 aliphatic rings. The van der Waals surface area contributed by atoms with Gasteiger partial charge in [-0.25, -0.2) is 13.7 Å². The third-order valence-electron chi connectivity index (χ3n) is 4.83. The van der Waals surface area contributed by atoms with Crippen LogP contribution in [-0.4, -0.2) is 26.0 Å². The molecule has 162 valence electrons. The molecule has 3 aromatic rings. The van der Waals surface area contributed by atoms with Crippen LogP contribution in [0.4, 0.5) is 14.5 Å². The van der Waals surface area contributed by atoms with E-state index >= 15 is 0 Å². The van der Waals surface area contributed by atoms with Crippen LogP contribution in [0.5, 0.6) is 11.5 Å². The van der Waals surface area contributed by atoms with Crippen molar-refractivity contribution < 1.29 is 27.8 Å². The molecule has 5 nitrogen and oxygen atoms in total. The molecule has 0 aromatic heterocycles.